The standard InChI is InChI=1S/C6H9Cl2NO/c7-5-6(8)9-1-3-10-4-2-9/h5H,1-4H2/b6-5-. The summed E-state index contributed by atoms with van der Waals surface area (Å²) in [6, 6.07) is 0. The van der Waals surface area contributed by atoms with Gasteiger partial charge in [0.2, 0.25) is 0 Å². The van der Waals surface area contributed by atoms with Crippen LogP contribution < -0.4 is 0 Å². The summed E-state index contributed by atoms with van der Waals surface area (Å²) in [6.07, 6.45) is 0. The Morgan fingerprint density at radius 2 is 2.00 bits per heavy atom. The second-order valence-electron chi connectivity index (χ2n) is 2.03. The predicted octanol–water partition coefficient (Wildman–Crippen LogP) is 1.60. The smallest absolute Gasteiger partial charge is 0.116 e. The van der Waals surface area contributed by atoms with Crippen LogP contribution in [0.4, 0.5) is 0 Å². The molecule has 1 aliphatic heterocycles. The minimum absolute atomic E-state index is 0.602. The van der Waals surface area contributed by atoms with Gasteiger partial charge in [0.05, 0.1) is 13.2 Å². The van der Waals surface area contributed by atoms with Gasteiger partial charge in [-0.05, 0) is 0 Å². The quantitative estimate of drug-likeness (QED) is 0.571. The highest BCUT2D eigenvalue weighted by molar-refractivity contribution is 6.36. The van der Waals surface area contributed by atoms with Crippen LogP contribution in [0.15, 0.2) is 10.7 Å². The van der Waals surface area contributed by atoms with Gasteiger partial charge >= 0.3 is 0 Å². The molecule has 4 heteroatoms. The molecule has 0 spiro atoms. The summed E-state index contributed by atoms with van der Waals surface area (Å²) in [5, 5.41) is 0.602. The van der Waals surface area contributed by atoms with E-state index in [4.69, 9.17) is 27.9 Å². The van der Waals surface area contributed by atoms with Crippen LogP contribution >= 0.6 is 23.2 Å². The maximum absolute atomic E-state index is 5.74. The number of hydrogen-bond donors (Lipinski definition) is 0. The first-order valence-electron chi connectivity index (χ1n) is 3.13. The molecule has 0 bridgehead atoms. The fourth-order valence-corrected chi connectivity index (χ4v) is 1.15. The van der Waals surface area contributed by atoms with Crippen LogP contribution in [0.3, 0.4) is 0 Å². The number of ether oxygens (including phenoxy) is 1. The van der Waals surface area contributed by atoms with Crippen LogP contribution in [0.5, 0.6) is 0 Å². The summed E-state index contributed by atoms with van der Waals surface area (Å²) in [6.45, 7) is 3.14. The van der Waals surface area contributed by atoms with Gasteiger partial charge in [0.15, 0.2) is 0 Å². The summed E-state index contributed by atoms with van der Waals surface area (Å²) >= 11 is 11.2. The maximum Gasteiger partial charge on any atom is 0.116 e. The van der Waals surface area contributed by atoms with Gasteiger partial charge in [-0.25, -0.2) is 0 Å². The van der Waals surface area contributed by atoms with Gasteiger partial charge in [-0.2, -0.15) is 0 Å². The van der Waals surface area contributed by atoms with Crippen LogP contribution in [-0.2, 0) is 4.74 Å². The molecule has 0 aromatic carbocycles. The van der Waals surface area contributed by atoms with Crippen LogP contribution in [0, 0.1) is 0 Å². The van der Waals surface area contributed by atoms with Crippen molar-refractivity contribution in [1.82, 2.24) is 4.90 Å². The zero-order chi connectivity index (χ0) is 7.40. The Hall–Kier alpha value is 0.0800. The minimum Gasteiger partial charge on any atom is -0.378 e. The Morgan fingerprint density at radius 1 is 1.40 bits per heavy atom. The lowest BCUT2D eigenvalue weighted by Gasteiger charge is -2.27. The van der Waals surface area contributed by atoms with E-state index in [-0.39, 0.29) is 0 Å². The van der Waals surface area contributed by atoms with Gasteiger partial charge in [-0.15, -0.1) is 0 Å². The summed E-state index contributed by atoms with van der Waals surface area (Å²) in [5.74, 6) is 0. The van der Waals surface area contributed by atoms with Crippen molar-refractivity contribution in [2.24, 2.45) is 0 Å². The Bertz CT molecular complexity index is 132. The summed E-state index contributed by atoms with van der Waals surface area (Å²) < 4.78 is 5.12. The highest BCUT2D eigenvalue weighted by Gasteiger charge is 2.10. The normalized spacial score (nSPS) is 21.4. The lowest BCUT2D eigenvalue weighted by Crippen LogP contribution is -2.34. The molecule has 2 nitrogen and oxygen atoms in total. The lowest BCUT2D eigenvalue weighted by atomic mass is 10.4. The molecule has 1 fully saturated rings. The Morgan fingerprint density at radius 3 is 2.50 bits per heavy atom. The molecule has 0 unspecified atom stereocenters. The van der Waals surface area contributed by atoms with Gasteiger partial charge < -0.3 is 9.64 Å². The zero-order valence-corrected chi connectivity index (χ0v) is 7.03. The van der Waals surface area contributed by atoms with Crippen molar-refractivity contribution < 1.29 is 4.74 Å². The molecule has 58 valence electrons. The molecular formula is C6H9Cl2NO. The van der Waals surface area contributed by atoms with Gasteiger partial charge in [-0.1, -0.05) is 23.2 Å². The number of halogens is 2. The van der Waals surface area contributed by atoms with E-state index in [9.17, 15) is 0 Å². The van der Waals surface area contributed by atoms with Crippen molar-refractivity contribution in [2.45, 2.75) is 0 Å². The van der Waals surface area contributed by atoms with Crippen LogP contribution in [-0.4, -0.2) is 31.2 Å². The molecule has 0 aromatic heterocycles. The summed E-state index contributed by atoms with van der Waals surface area (Å²) in [4.78, 5) is 1.98. The summed E-state index contributed by atoms with van der Waals surface area (Å²) in [5.41, 5.74) is 1.38. The molecule has 1 saturated heterocycles. The molecule has 0 aromatic rings. The molecule has 0 aliphatic carbocycles. The van der Waals surface area contributed by atoms with Crippen LogP contribution in [0.2, 0.25) is 0 Å². The third-order valence-electron chi connectivity index (χ3n) is 1.40. The first kappa shape index (κ1) is 8.18. The fraction of sp³-hybridized carbons (Fsp3) is 0.667. The Kier molecular flexibility index (Phi) is 3.32. The number of nitrogens with zero attached hydrogens (tertiary/aromatic N) is 1. The van der Waals surface area contributed by atoms with Gasteiger partial charge in [0.1, 0.15) is 5.16 Å². The van der Waals surface area contributed by atoms with Crippen molar-refractivity contribution in [3.63, 3.8) is 0 Å². The minimum atomic E-state index is 0.602. The maximum atomic E-state index is 5.74. The first-order chi connectivity index (χ1) is 4.84. The summed E-state index contributed by atoms with van der Waals surface area (Å²) in [7, 11) is 0. The van der Waals surface area contributed by atoms with Gasteiger partial charge in [-0.3, -0.25) is 0 Å². The Balaban J connectivity index is 2.39. The molecule has 1 aliphatic rings. The molecule has 0 atom stereocenters. The van der Waals surface area contributed by atoms with Crippen LogP contribution in [0.25, 0.3) is 0 Å². The van der Waals surface area contributed by atoms with Crippen molar-refractivity contribution in [1.29, 1.82) is 0 Å². The highest BCUT2D eigenvalue weighted by Crippen LogP contribution is 2.12. The SMILES string of the molecule is Cl/C=C(/Cl)N1CCOCC1. The van der Waals surface area contributed by atoms with E-state index in [1.165, 1.54) is 5.54 Å². The van der Waals surface area contributed by atoms with E-state index in [0.717, 1.165) is 26.3 Å². The molecule has 0 radical (unpaired) electrons. The van der Waals surface area contributed by atoms with E-state index in [0.29, 0.717) is 5.16 Å². The first-order valence-corrected chi connectivity index (χ1v) is 3.94. The van der Waals surface area contributed by atoms with Crippen molar-refractivity contribution in [3.05, 3.63) is 10.7 Å². The lowest BCUT2D eigenvalue weighted by molar-refractivity contribution is 0.0573. The van der Waals surface area contributed by atoms with Crippen molar-refractivity contribution >= 4 is 23.2 Å². The number of morpholine rings is 1. The second kappa shape index (κ2) is 4.06. The van der Waals surface area contributed by atoms with E-state index in [2.05, 4.69) is 0 Å². The van der Waals surface area contributed by atoms with Crippen molar-refractivity contribution in [3.8, 4) is 0 Å². The average molecular weight is 182 g/mol. The zero-order valence-electron chi connectivity index (χ0n) is 5.52. The molecular weight excluding hydrogens is 173 g/mol. The molecule has 1 heterocycles. The number of hydrogen-bond acceptors (Lipinski definition) is 2. The van der Waals surface area contributed by atoms with Gasteiger partial charge in [0, 0.05) is 18.6 Å². The van der Waals surface area contributed by atoms with E-state index in [1.807, 2.05) is 4.90 Å². The van der Waals surface area contributed by atoms with E-state index < -0.39 is 0 Å². The van der Waals surface area contributed by atoms with Crippen LogP contribution in [0.1, 0.15) is 0 Å². The Labute approximate surface area is 70.3 Å². The predicted molar refractivity (Wildman–Crippen MR) is 42.2 cm³/mol. The fourth-order valence-electron chi connectivity index (χ4n) is 0.846. The van der Waals surface area contributed by atoms with Crippen molar-refractivity contribution in [2.75, 3.05) is 26.3 Å². The number of rotatable bonds is 1. The molecule has 0 saturated carbocycles. The molecule has 10 heavy (non-hydrogen) atoms. The average Bonchev–Trinajstić information content (AvgIpc) is 2.05. The second-order valence-corrected chi connectivity index (χ2v) is 2.64. The third kappa shape index (κ3) is 2.04. The van der Waals surface area contributed by atoms with E-state index >= 15 is 0 Å². The largest absolute Gasteiger partial charge is 0.378 e. The third-order valence-corrected chi connectivity index (χ3v) is 2.07. The monoisotopic (exact) mass is 181 g/mol. The molecule has 0 amide bonds. The van der Waals surface area contributed by atoms with Gasteiger partial charge in [0.25, 0.3) is 0 Å². The van der Waals surface area contributed by atoms with E-state index in [1.54, 1.807) is 0 Å². The molecule has 1 rings (SSSR count). The highest BCUT2D eigenvalue weighted by atomic mass is 35.5. The molecule has 0 N–H and O–H groups in total. The topological polar surface area (TPSA) is 12.5 Å².